The Morgan fingerprint density at radius 2 is 1.68 bits per heavy atom. The smallest absolute Gasteiger partial charge is 0.410 e. The van der Waals surface area contributed by atoms with Crippen molar-refractivity contribution in [2.75, 3.05) is 25.0 Å². The first-order chi connectivity index (χ1) is 19.2. The zero-order valence-corrected chi connectivity index (χ0v) is 25.0. The lowest BCUT2D eigenvalue weighted by molar-refractivity contribution is 0.0147. The summed E-state index contributed by atoms with van der Waals surface area (Å²) in [4.78, 5) is 25.9. The number of aromatic carboxylic acids is 1. The summed E-state index contributed by atoms with van der Waals surface area (Å²) in [5.74, 6) is -1.23. The third kappa shape index (κ3) is 8.69. The van der Waals surface area contributed by atoms with Crippen LogP contribution in [0.15, 0.2) is 76.5 Å². The third-order valence-electron chi connectivity index (χ3n) is 6.08. The molecular formula is C30H35ClN2O7S. The van der Waals surface area contributed by atoms with Gasteiger partial charge in [0.2, 0.25) is 9.84 Å². The second-order valence-electron chi connectivity index (χ2n) is 10.4. The number of carbonyl (C=O) groups is 2. The van der Waals surface area contributed by atoms with Crippen molar-refractivity contribution >= 4 is 39.2 Å². The Labute approximate surface area is 245 Å². The molecule has 220 valence electrons. The first kappa shape index (κ1) is 31.9. The van der Waals surface area contributed by atoms with Crippen LogP contribution in [0.5, 0.6) is 0 Å². The summed E-state index contributed by atoms with van der Waals surface area (Å²) in [6.07, 6.45) is -1.22. The number of rotatable bonds is 11. The van der Waals surface area contributed by atoms with Gasteiger partial charge in [0.15, 0.2) is 0 Å². The summed E-state index contributed by atoms with van der Waals surface area (Å²) in [7, 11) is -3.98. The molecule has 0 spiro atoms. The van der Waals surface area contributed by atoms with Crippen molar-refractivity contribution < 1.29 is 33.0 Å². The normalized spacial score (nSPS) is 12.4. The molecule has 0 aliphatic heterocycles. The van der Waals surface area contributed by atoms with Crippen molar-refractivity contribution in [3.8, 4) is 0 Å². The summed E-state index contributed by atoms with van der Waals surface area (Å²) in [5, 5.41) is 23.7. The van der Waals surface area contributed by atoms with Gasteiger partial charge in [-0.15, -0.1) is 0 Å². The molecule has 1 atom stereocenters. The van der Waals surface area contributed by atoms with E-state index in [1.165, 1.54) is 29.2 Å². The molecule has 0 saturated carbocycles. The molecule has 0 unspecified atom stereocenters. The van der Waals surface area contributed by atoms with E-state index in [4.69, 9.17) is 16.3 Å². The van der Waals surface area contributed by atoms with Gasteiger partial charge in [-0.2, -0.15) is 0 Å². The number of amides is 1. The SMILES string of the molecule is CCNc1ccc(S(=O)(=O)c2ccc(CCN(C[C@@H](O)c3cccc(Cl)c3)C(=O)OC(C)(C)C)cc2)cc1C(=O)O. The van der Waals surface area contributed by atoms with Crippen molar-refractivity contribution in [3.05, 3.63) is 88.4 Å². The number of hydrogen-bond donors (Lipinski definition) is 3. The summed E-state index contributed by atoms with van der Waals surface area (Å²) in [6, 6.07) is 16.9. The Bertz CT molecular complexity index is 1490. The van der Waals surface area contributed by atoms with Crippen LogP contribution in [0.4, 0.5) is 10.5 Å². The first-order valence-corrected chi connectivity index (χ1v) is 14.9. The number of halogens is 1. The fourth-order valence-electron chi connectivity index (χ4n) is 4.06. The molecule has 3 rings (SSSR count). The number of nitrogens with zero attached hydrogens (tertiary/aromatic N) is 1. The Kier molecular flexibility index (Phi) is 10.4. The Balaban J connectivity index is 1.78. The van der Waals surface area contributed by atoms with Gasteiger partial charge in [0.25, 0.3) is 0 Å². The molecule has 3 aromatic carbocycles. The van der Waals surface area contributed by atoms with E-state index in [-0.39, 0.29) is 28.4 Å². The molecule has 9 nitrogen and oxygen atoms in total. The van der Waals surface area contributed by atoms with E-state index in [2.05, 4.69) is 5.32 Å². The van der Waals surface area contributed by atoms with Gasteiger partial charge >= 0.3 is 12.1 Å². The Hall–Kier alpha value is -3.60. The molecule has 3 N–H and O–H groups in total. The molecule has 3 aromatic rings. The van der Waals surface area contributed by atoms with Gasteiger partial charge in [0, 0.05) is 23.8 Å². The molecule has 0 aliphatic carbocycles. The number of carboxylic acid groups (broad SMARTS) is 1. The highest BCUT2D eigenvalue weighted by Gasteiger charge is 2.25. The minimum atomic E-state index is -3.98. The minimum Gasteiger partial charge on any atom is -0.478 e. The largest absolute Gasteiger partial charge is 0.478 e. The topological polar surface area (TPSA) is 133 Å². The fraction of sp³-hybridized carbons (Fsp3) is 0.333. The van der Waals surface area contributed by atoms with Crippen LogP contribution in [0.1, 0.15) is 55.3 Å². The highest BCUT2D eigenvalue weighted by atomic mass is 35.5. The van der Waals surface area contributed by atoms with Gasteiger partial charge in [-0.1, -0.05) is 35.9 Å². The van der Waals surface area contributed by atoms with Crippen molar-refractivity contribution in [1.82, 2.24) is 4.90 Å². The van der Waals surface area contributed by atoms with Gasteiger partial charge in [0.1, 0.15) is 5.60 Å². The van der Waals surface area contributed by atoms with Gasteiger partial charge in [-0.05, 0) is 87.7 Å². The predicted octanol–water partition coefficient (Wildman–Crippen LogP) is 5.82. The molecule has 41 heavy (non-hydrogen) atoms. The van der Waals surface area contributed by atoms with E-state index in [9.17, 15) is 28.2 Å². The van der Waals surface area contributed by atoms with Crippen molar-refractivity contribution in [1.29, 1.82) is 0 Å². The molecule has 11 heteroatoms. The Morgan fingerprint density at radius 3 is 2.27 bits per heavy atom. The highest BCUT2D eigenvalue weighted by molar-refractivity contribution is 7.91. The van der Waals surface area contributed by atoms with Crippen LogP contribution in [0, 0.1) is 0 Å². The number of carboxylic acids is 1. The zero-order chi connectivity index (χ0) is 30.4. The highest BCUT2D eigenvalue weighted by Crippen LogP contribution is 2.26. The number of carbonyl (C=O) groups excluding carboxylic acids is 1. The maximum atomic E-state index is 13.2. The van der Waals surface area contributed by atoms with Crippen LogP contribution in [-0.2, 0) is 21.0 Å². The number of aliphatic hydroxyl groups is 1. The quantitative estimate of drug-likeness (QED) is 0.250. The predicted molar refractivity (Wildman–Crippen MR) is 157 cm³/mol. The lowest BCUT2D eigenvalue weighted by Gasteiger charge is -2.29. The number of nitrogens with one attached hydrogen (secondary N) is 1. The van der Waals surface area contributed by atoms with E-state index in [1.807, 2.05) is 6.92 Å². The third-order valence-corrected chi connectivity index (χ3v) is 8.08. The molecule has 0 aromatic heterocycles. The van der Waals surface area contributed by atoms with Crippen LogP contribution in [0.3, 0.4) is 0 Å². The van der Waals surface area contributed by atoms with E-state index in [0.717, 1.165) is 11.6 Å². The van der Waals surface area contributed by atoms with Crippen LogP contribution in [-0.4, -0.2) is 60.8 Å². The minimum absolute atomic E-state index is 0.00849. The number of hydrogen-bond acceptors (Lipinski definition) is 7. The summed E-state index contributed by atoms with van der Waals surface area (Å²) < 4.78 is 32.0. The second-order valence-corrected chi connectivity index (χ2v) is 12.8. The summed E-state index contributed by atoms with van der Waals surface area (Å²) in [6.45, 7) is 7.72. The molecule has 0 heterocycles. The van der Waals surface area contributed by atoms with Gasteiger partial charge in [-0.3, -0.25) is 0 Å². The van der Waals surface area contributed by atoms with Crippen molar-refractivity contribution in [3.63, 3.8) is 0 Å². The number of aliphatic hydroxyl groups excluding tert-OH is 1. The molecule has 0 fully saturated rings. The molecule has 0 saturated heterocycles. The van der Waals surface area contributed by atoms with Crippen LogP contribution in [0.2, 0.25) is 5.02 Å². The molecule has 0 radical (unpaired) electrons. The Morgan fingerprint density at radius 1 is 1.02 bits per heavy atom. The monoisotopic (exact) mass is 602 g/mol. The van der Waals surface area contributed by atoms with Crippen LogP contribution in [0.25, 0.3) is 0 Å². The molecule has 0 bridgehead atoms. The average molecular weight is 603 g/mol. The number of benzene rings is 3. The zero-order valence-electron chi connectivity index (χ0n) is 23.4. The first-order valence-electron chi connectivity index (χ1n) is 13.1. The average Bonchev–Trinajstić information content (AvgIpc) is 2.90. The van der Waals surface area contributed by atoms with Gasteiger partial charge in [-0.25, -0.2) is 18.0 Å². The molecule has 0 aliphatic rings. The maximum Gasteiger partial charge on any atom is 0.410 e. The maximum absolute atomic E-state index is 13.2. The van der Waals surface area contributed by atoms with Crippen LogP contribution >= 0.6 is 11.6 Å². The lowest BCUT2D eigenvalue weighted by atomic mass is 10.1. The summed E-state index contributed by atoms with van der Waals surface area (Å²) >= 11 is 6.05. The number of sulfone groups is 1. The van der Waals surface area contributed by atoms with Gasteiger partial charge in [0.05, 0.1) is 28.0 Å². The lowest BCUT2D eigenvalue weighted by Crippen LogP contribution is -2.40. The second kappa shape index (κ2) is 13.4. The van der Waals surface area contributed by atoms with E-state index in [1.54, 1.807) is 57.2 Å². The summed E-state index contributed by atoms with van der Waals surface area (Å²) in [5.41, 5.74) is 0.780. The van der Waals surface area contributed by atoms with Crippen molar-refractivity contribution in [2.45, 2.75) is 55.6 Å². The van der Waals surface area contributed by atoms with Gasteiger partial charge < -0.3 is 25.2 Å². The standard InChI is InChI=1S/C30H35ClN2O7S/c1-5-32-26-14-13-24(18-25(26)28(35)36)41(38,39)23-11-9-20(10-12-23)15-16-33(29(37)40-30(2,3)4)19-27(34)21-7-6-8-22(31)17-21/h6-14,17-18,27,32,34H,5,15-16,19H2,1-4H3,(H,35,36)/t27-/m1/s1. The van der Waals surface area contributed by atoms with Crippen molar-refractivity contribution in [2.24, 2.45) is 0 Å². The van der Waals surface area contributed by atoms with Crippen LogP contribution < -0.4 is 5.32 Å². The van der Waals surface area contributed by atoms with E-state index < -0.39 is 33.6 Å². The van der Waals surface area contributed by atoms with E-state index in [0.29, 0.717) is 29.2 Å². The molecule has 1 amide bonds. The van der Waals surface area contributed by atoms with E-state index >= 15 is 0 Å². The molecular weight excluding hydrogens is 568 g/mol. The number of ether oxygens (including phenoxy) is 1. The number of anilines is 1. The fourth-order valence-corrected chi connectivity index (χ4v) is 5.54.